The standard InChI is InChI=1S/C15H24N2O2S.ClH/c1-12-11-16-9-10-17(12)20(18,19)14-7-5-13(6-8-14)15(2,3)4;/h5-8,12,16H,9-11H2,1-4H3;1H. The molecule has 0 aromatic heterocycles. The van der Waals surface area contributed by atoms with Crippen LogP contribution in [-0.2, 0) is 15.4 Å². The van der Waals surface area contributed by atoms with Gasteiger partial charge in [0.25, 0.3) is 0 Å². The molecule has 1 atom stereocenters. The van der Waals surface area contributed by atoms with Crippen LogP contribution in [0.5, 0.6) is 0 Å². The molecular formula is C15H25ClN2O2S. The van der Waals surface area contributed by atoms with E-state index in [1.807, 2.05) is 19.1 Å². The molecule has 1 aliphatic rings. The Bertz CT molecular complexity index is 564. The minimum absolute atomic E-state index is 0. The van der Waals surface area contributed by atoms with Crippen LogP contribution < -0.4 is 5.32 Å². The molecule has 1 saturated heterocycles. The molecule has 21 heavy (non-hydrogen) atoms. The molecule has 1 fully saturated rings. The van der Waals surface area contributed by atoms with Crippen molar-refractivity contribution < 1.29 is 8.42 Å². The molecule has 0 radical (unpaired) electrons. The molecule has 6 heteroatoms. The maximum atomic E-state index is 12.7. The van der Waals surface area contributed by atoms with Crippen molar-refractivity contribution >= 4 is 22.4 Å². The monoisotopic (exact) mass is 332 g/mol. The summed E-state index contributed by atoms with van der Waals surface area (Å²) in [7, 11) is -3.38. The van der Waals surface area contributed by atoms with E-state index >= 15 is 0 Å². The Kier molecular flexibility index (Phi) is 5.83. The average molecular weight is 333 g/mol. The first-order valence-electron chi connectivity index (χ1n) is 7.06. The van der Waals surface area contributed by atoms with Crippen LogP contribution in [0.3, 0.4) is 0 Å². The SMILES string of the molecule is CC1CNCCN1S(=O)(=O)c1ccc(C(C)(C)C)cc1.Cl. The molecule has 1 N–H and O–H groups in total. The van der Waals surface area contributed by atoms with Gasteiger partial charge in [0.1, 0.15) is 0 Å². The zero-order valence-corrected chi connectivity index (χ0v) is 14.7. The first-order chi connectivity index (χ1) is 9.23. The first-order valence-corrected chi connectivity index (χ1v) is 8.50. The molecule has 1 heterocycles. The van der Waals surface area contributed by atoms with E-state index in [2.05, 4.69) is 26.1 Å². The molecule has 0 saturated carbocycles. The third kappa shape index (κ3) is 3.97. The Labute approximate surface area is 134 Å². The van der Waals surface area contributed by atoms with Crippen LogP contribution in [0.1, 0.15) is 33.3 Å². The van der Waals surface area contributed by atoms with E-state index in [-0.39, 0.29) is 23.9 Å². The quantitative estimate of drug-likeness (QED) is 0.904. The molecule has 0 spiro atoms. The van der Waals surface area contributed by atoms with Gasteiger partial charge < -0.3 is 5.32 Å². The van der Waals surface area contributed by atoms with Gasteiger partial charge in [0, 0.05) is 25.7 Å². The first kappa shape index (κ1) is 18.4. The van der Waals surface area contributed by atoms with E-state index in [0.29, 0.717) is 24.5 Å². The van der Waals surface area contributed by atoms with Crippen molar-refractivity contribution in [2.45, 2.75) is 44.0 Å². The van der Waals surface area contributed by atoms with Gasteiger partial charge in [-0.1, -0.05) is 32.9 Å². The maximum absolute atomic E-state index is 12.7. The van der Waals surface area contributed by atoms with Crippen molar-refractivity contribution in [3.05, 3.63) is 29.8 Å². The summed E-state index contributed by atoms with van der Waals surface area (Å²) in [6.45, 7) is 10.2. The van der Waals surface area contributed by atoms with E-state index in [0.717, 1.165) is 5.56 Å². The second-order valence-corrected chi connectivity index (χ2v) is 8.33. The number of hydrogen-bond acceptors (Lipinski definition) is 3. The highest BCUT2D eigenvalue weighted by molar-refractivity contribution is 7.89. The third-order valence-electron chi connectivity index (χ3n) is 3.77. The number of nitrogens with one attached hydrogen (secondary N) is 1. The molecule has 0 aliphatic carbocycles. The lowest BCUT2D eigenvalue weighted by Crippen LogP contribution is -2.52. The number of sulfonamides is 1. The Morgan fingerprint density at radius 2 is 1.76 bits per heavy atom. The minimum Gasteiger partial charge on any atom is -0.314 e. The third-order valence-corrected chi connectivity index (χ3v) is 5.80. The smallest absolute Gasteiger partial charge is 0.243 e. The number of hydrogen-bond donors (Lipinski definition) is 1. The van der Waals surface area contributed by atoms with Crippen LogP contribution in [-0.4, -0.2) is 38.4 Å². The predicted molar refractivity (Wildman–Crippen MR) is 88.6 cm³/mol. The van der Waals surface area contributed by atoms with Crippen LogP contribution in [0.25, 0.3) is 0 Å². The van der Waals surface area contributed by atoms with Crippen LogP contribution >= 0.6 is 12.4 Å². The largest absolute Gasteiger partial charge is 0.314 e. The van der Waals surface area contributed by atoms with Gasteiger partial charge in [-0.15, -0.1) is 12.4 Å². The van der Waals surface area contributed by atoms with Gasteiger partial charge in [0.2, 0.25) is 10.0 Å². The fourth-order valence-corrected chi connectivity index (χ4v) is 4.07. The lowest BCUT2D eigenvalue weighted by atomic mass is 9.87. The summed E-state index contributed by atoms with van der Waals surface area (Å²) in [5, 5.41) is 3.21. The average Bonchev–Trinajstić information content (AvgIpc) is 2.38. The van der Waals surface area contributed by atoms with Crippen molar-refractivity contribution in [1.82, 2.24) is 9.62 Å². The van der Waals surface area contributed by atoms with Crippen molar-refractivity contribution in [3.63, 3.8) is 0 Å². The Morgan fingerprint density at radius 1 is 1.19 bits per heavy atom. The van der Waals surface area contributed by atoms with E-state index < -0.39 is 10.0 Å². The van der Waals surface area contributed by atoms with Gasteiger partial charge in [0.15, 0.2) is 0 Å². The molecule has 120 valence electrons. The zero-order chi connectivity index (χ0) is 15.0. The summed E-state index contributed by atoms with van der Waals surface area (Å²) < 4.78 is 26.9. The van der Waals surface area contributed by atoms with Crippen LogP contribution in [0.4, 0.5) is 0 Å². The summed E-state index contributed by atoms with van der Waals surface area (Å²) in [6, 6.07) is 7.28. The minimum atomic E-state index is -3.38. The number of nitrogens with zero attached hydrogens (tertiary/aromatic N) is 1. The molecule has 2 rings (SSSR count). The Morgan fingerprint density at radius 3 is 2.24 bits per heavy atom. The molecule has 1 unspecified atom stereocenters. The number of rotatable bonds is 2. The highest BCUT2D eigenvalue weighted by Crippen LogP contribution is 2.25. The fourth-order valence-electron chi connectivity index (χ4n) is 2.44. The molecule has 1 aromatic rings. The zero-order valence-electron chi connectivity index (χ0n) is 13.1. The number of benzene rings is 1. The van der Waals surface area contributed by atoms with Crippen molar-refractivity contribution in [3.8, 4) is 0 Å². The lowest BCUT2D eigenvalue weighted by Gasteiger charge is -2.33. The number of halogens is 1. The van der Waals surface area contributed by atoms with Crippen molar-refractivity contribution in [2.75, 3.05) is 19.6 Å². The Hall–Kier alpha value is -0.620. The predicted octanol–water partition coefficient (Wildman–Crippen LogP) is 2.39. The lowest BCUT2D eigenvalue weighted by molar-refractivity contribution is 0.284. The molecular weight excluding hydrogens is 308 g/mol. The van der Waals surface area contributed by atoms with Gasteiger partial charge in [-0.05, 0) is 30.0 Å². The maximum Gasteiger partial charge on any atom is 0.243 e. The normalized spacial score (nSPS) is 20.9. The molecule has 1 aromatic carbocycles. The van der Waals surface area contributed by atoms with Crippen LogP contribution in [0.2, 0.25) is 0 Å². The highest BCUT2D eigenvalue weighted by Gasteiger charge is 2.30. The van der Waals surface area contributed by atoms with Crippen LogP contribution in [0, 0.1) is 0 Å². The second kappa shape index (κ2) is 6.65. The van der Waals surface area contributed by atoms with Gasteiger partial charge >= 0.3 is 0 Å². The van der Waals surface area contributed by atoms with E-state index in [9.17, 15) is 8.42 Å². The second-order valence-electron chi connectivity index (χ2n) is 6.44. The van der Waals surface area contributed by atoms with Gasteiger partial charge in [-0.2, -0.15) is 4.31 Å². The highest BCUT2D eigenvalue weighted by atomic mass is 35.5. The van der Waals surface area contributed by atoms with Crippen LogP contribution in [0.15, 0.2) is 29.2 Å². The summed E-state index contributed by atoms with van der Waals surface area (Å²) in [5.74, 6) is 0. The van der Waals surface area contributed by atoms with Gasteiger partial charge in [-0.3, -0.25) is 0 Å². The van der Waals surface area contributed by atoms with Gasteiger partial charge in [0.05, 0.1) is 4.90 Å². The Balaban J connectivity index is 0.00000220. The van der Waals surface area contributed by atoms with Crippen molar-refractivity contribution in [2.24, 2.45) is 0 Å². The topological polar surface area (TPSA) is 49.4 Å². The summed E-state index contributed by atoms with van der Waals surface area (Å²) >= 11 is 0. The molecule has 4 nitrogen and oxygen atoms in total. The summed E-state index contributed by atoms with van der Waals surface area (Å²) in [6.07, 6.45) is 0. The summed E-state index contributed by atoms with van der Waals surface area (Å²) in [4.78, 5) is 0.388. The summed E-state index contributed by atoms with van der Waals surface area (Å²) in [5.41, 5.74) is 1.18. The fraction of sp³-hybridized carbons (Fsp3) is 0.600. The molecule has 1 aliphatic heterocycles. The molecule has 0 amide bonds. The van der Waals surface area contributed by atoms with Gasteiger partial charge in [-0.25, -0.2) is 8.42 Å². The van der Waals surface area contributed by atoms with E-state index in [1.165, 1.54) is 0 Å². The van der Waals surface area contributed by atoms with E-state index in [1.54, 1.807) is 16.4 Å². The number of piperazine rings is 1. The van der Waals surface area contributed by atoms with Crippen molar-refractivity contribution in [1.29, 1.82) is 0 Å². The molecule has 0 bridgehead atoms. The van der Waals surface area contributed by atoms with E-state index in [4.69, 9.17) is 0 Å².